The Bertz CT molecular complexity index is 520. The molecule has 5 heteroatoms. The molecule has 0 heterocycles. The highest BCUT2D eigenvalue weighted by Gasteiger charge is 2.30. The van der Waals surface area contributed by atoms with Gasteiger partial charge < -0.3 is 10.6 Å². The summed E-state index contributed by atoms with van der Waals surface area (Å²) in [7, 11) is 0. The molecule has 120 valence electrons. The molecule has 2 rings (SSSR count). The Kier molecular flexibility index (Phi) is 5.52. The average molecular weight is 306 g/mol. The van der Waals surface area contributed by atoms with E-state index in [9.17, 15) is 14.0 Å². The summed E-state index contributed by atoms with van der Waals surface area (Å²) < 4.78 is 12.8. The van der Waals surface area contributed by atoms with Crippen LogP contribution in [0, 0.1) is 17.7 Å². The lowest BCUT2D eigenvalue weighted by Gasteiger charge is -2.27. The zero-order valence-electron chi connectivity index (χ0n) is 13.1. The van der Waals surface area contributed by atoms with Gasteiger partial charge in [-0.3, -0.25) is 9.59 Å². The molecule has 1 aromatic rings. The molecule has 4 nitrogen and oxygen atoms in total. The van der Waals surface area contributed by atoms with Crippen LogP contribution in [0.1, 0.15) is 39.5 Å². The van der Waals surface area contributed by atoms with Gasteiger partial charge in [-0.1, -0.05) is 0 Å². The first-order chi connectivity index (χ1) is 10.5. The van der Waals surface area contributed by atoms with Gasteiger partial charge in [0.25, 0.3) is 0 Å². The molecule has 2 amide bonds. The minimum Gasteiger partial charge on any atom is -0.354 e. The van der Waals surface area contributed by atoms with Gasteiger partial charge in [0.15, 0.2) is 0 Å². The summed E-state index contributed by atoms with van der Waals surface area (Å²) in [6.45, 7) is 3.89. The Morgan fingerprint density at radius 3 is 2.00 bits per heavy atom. The van der Waals surface area contributed by atoms with Gasteiger partial charge in [0.2, 0.25) is 11.8 Å². The van der Waals surface area contributed by atoms with E-state index in [1.807, 2.05) is 13.8 Å². The summed E-state index contributed by atoms with van der Waals surface area (Å²) in [6, 6.07) is 5.89. The normalized spacial score (nSPS) is 21.5. The predicted molar refractivity (Wildman–Crippen MR) is 83.8 cm³/mol. The monoisotopic (exact) mass is 306 g/mol. The van der Waals surface area contributed by atoms with Crippen LogP contribution in [0.3, 0.4) is 0 Å². The van der Waals surface area contributed by atoms with Crippen molar-refractivity contribution in [3.05, 3.63) is 30.1 Å². The molecule has 1 aliphatic carbocycles. The van der Waals surface area contributed by atoms with Crippen LogP contribution < -0.4 is 10.6 Å². The SMILES string of the molecule is CC(C)NC(=O)C1CCC(C(=O)Nc2ccc(F)cc2)CC1. The number of amides is 2. The van der Waals surface area contributed by atoms with Crippen molar-refractivity contribution in [2.75, 3.05) is 5.32 Å². The molecular formula is C17H23FN2O2. The number of rotatable bonds is 4. The Hall–Kier alpha value is -1.91. The second kappa shape index (κ2) is 7.38. The van der Waals surface area contributed by atoms with Crippen molar-refractivity contribution in [3.8, 4) is 0 Å². The Balaban J connectivity index is 1.82. The highest BCUT2D eigenvalue weighted by Crippen LogP contribution is 2.30. The van der Waals surface area contributed by atoms with Crippen LogP contribution in [-0.2, 0) is 9.59 Å². The summed E-state index contributed by atoms with van der Waals surface area (Å²) in [5, 5.41) is 5.74. The highest BCUT2D eigenvalue weighted by molar-refractivity contribution is 5.92. The summed E-state index contributed by atoms with van der Waals surface area (Å²) in [6.07, 6.45) is 2.90. The molecule has 0 unspecified atom stereocenters. The topological polar surface area (TPSA) is 58.2 Å². The van der Waals surface area contributed by atoms with Gasteiger partial charge in [-0.25, -0.2) is 4.39 Å². The molecule has 1 saturated carbocycles. The maximum Gasteiger partial charge on any atom is 0.227 e. The van der Waals surface area contributed by atoms with Gasteiger partial charge in [0, 0.05) is 23.6 Å². The molecule has 0 radical (unpaired) electrons. The standard InChI is InChI=1S/C17H23FN2O2/c1-11(2)19-16(21)12-3-5-13(6-4-12)17(22)20-15-9-7-14(18)8-10-15/h7-13H,3-6H2,1-2H3,(H,19,21)(H,20,22). The lowest BCUT2D eigenvalue weighted by atomic mass is 9.81. The van der Waals surface area contributed by atoms with Gasteiger partial charge in [-0.05, 0) is 63.8 Å². The van der Waals surface area contributed by atoms with Gasteiger partial charge in [-0.15, -0.1) is 0 Å². The minimum absolute atomic E-state index is 0.0114. The van der Waals surface area contributed by atoms with Crippen LogP contribution >= 0.6 is 0 Å². The molecule has 0 atom stereocenters. The molecule has 0 aliphatic heterocycles. The Morgan fingerprint density at radius 1 is 1.00 bits per heavy atom. The largest absolute Gasteiger partial charge is 0.354 e. The third-order valence-electron chi connectivity index (χ3n) is 4.01. The zero-order chi connectivity index (χ0) is 16.1. The summed E-state index contributed by atoms with van der Waals surface area (Å²) in [5.41, 5.74) is 0.603. The van der Waals surface area contributed by atoms with Crippen molar-refractivity contribution in [1.82, 2.24) is 5.32 Å². The maximum atomic E-state index is 12.8. The van der Waals surface area contributed by atoms with Crippen molar-refractivity contribution in [1.29, 1.82) is 0 Å². The Morgan fingerprint density at radius 2 is 1.50 bits per heavy atom. The second-order valence-corrected chi connectivity index (χ2v) is 6.21. The van der Waals surface area contributed by atoms with E-state index >= 15 is 0 Å². The summed E-state index contributed by atoms with van der Waals surface area (Å²) >= 11 is 0. The molecule has 22 heavy (non-hydrogen) atoms. The fourth-order valence-electron chi connectivity index (χ4n) is 2.80. The zero-order valence-corrected chi connectivity index (χ0v) is 13.1. The fourth-order valence-corrected chi connectivity index (χ4v) is 2.80. The fraction of sp³-hybridized carbons (Fsp3) is 0.529. The van der Waals surface area contributed by atoms with E-state index in [0.717, 1.165) is 12.8 Å². The highest BCUT2D eigenvalue weighted by atomic mass is 19.1. The van der Waals surface area contributed by atoms with Crippen molar-refractivity contribution in [3.63, 3.8) is 0 Å². The first kappa shape index (κ1) is 16.5. The van der Waals surface area contributed by atoms with Crippen LogP contribution in [0.15, 0.2) is 24.3 Å². The smallest absolute Gasteiger partial charge is 0.227 e. The van der Waals surface area contributed by atoms with Gasteiger partial charge in [0.1, 0.15) is 5.82 Å². The van der Waals surface area contributed by atoms with E-state index in [-0.39, 0.29) is 35.5 Å². The molecule has 0 aromatic heterocycles. The average Bonchev–Trinajstić information content (AvgIpc) is 2.49. The number of benzene rings is 1. The van der Waals surface area contributed by atoms with E-state index in [0.29, 0.717) is 18.5 Å². The van der Waals surface area contributed by atoms with Crippen molar-refractivity contribution >= 4 is 17.5 Å². The van der Waals surface area contributed by atoms with Crippen LogP contribution in [0.4, 0.5) is 10.1 Å². The molecule has 1 aliphatic rings. The van der Waals surface area contributed by atoms with E-state index in [1.165, 1.54) is 12.1 Å². The molecule has 0 bridgehead atoms. The molecular weight excluding hydrogens is 283 g/mol. The van der Waals surface area contributed by atoms with Gasteiger partial charge >= 0.3 is 0 Å². The number of anilines is 1. The lowest BCUT2D eigenvalue weighted by molar-refractivity contribution is -0.128. The maximum absolute atomic E-state index is 12.8. The molecule has 2 N–H and O–H groups in total. The van der Waals surface area contributed by atoms with E-state index < -0.39 is 0 Å². The van der Waals surface area contributed by atoms with E-state index in [1.54, 1.807) is 12.1 Å². The first-order valence-electron chi connectivity index (χ1n) is 7.82. The summed E-state index contributed by atoms with van der Waals surface area (Å²) in [4.78, 5) is 24.2. The van der Waals surface area contributed by atoms with Crippen LogP contribution in [0.5, 0.6) is 0 Å². The summed E-state index contributed by atoms with van der Waals surface area (Å²) in [5.74, 6) is -0.346. The minimum atomic E-state index is -0.324. The molecule has 0 spiro atoms. The van der Waals surface area contributed by atoms with E-state index in [2.05, 4.69) is 10.6 Å². The number of hydrogen-bond acceptors (Lipinski definition) is 2. The van der Waals surface area contributed by atoms with Gasteiger partial charge in [0.05, 0.1) is 0 Å². The number of carbonyl (C=O) groups excluding carboxylic acids is 2. The molecule has 1 fully saturated rings. The van der Waals surface area contributed by atoms with Crippen LogP contribution in [0.2, 0.25) is 0 Å². The molecule has 0 saturated heterocycles. The lowest BCUT2D eigenvalue weighted by Crippen LogP contribution is -2.38. The number of hydrogen-bond donors (Lipinski definition) is 2. The number of nitrogens with one attached hydrogen (secondary N) is 2. The predicted octanol–water partition coefficient (Wildman–Crippen LogP) is 3.10. The number of halogens is 1. The molecule has 1 aromatic carbocycles. The van der Waals surface area contributed by atoms with E-state index in [4.69, 9.17) is 0 Å². The van der Waals surface area contributed by atoms with Crippen molar-refractivity contribution < 1.29 is 14.0 Å². The quantitative estimate of drug-likeness (QED) is 0.898. The first-order valence-corrected chi connectivity index (χ1v) is 7.82. The van der Waals surface area contributed by atoms with Crippen LogP contribution in [0.25, 0.3) is 0 Å². The number of carbonyl (C=O) groups is 2. The van der Waals surface area contributed by atoms with Crippen molar-refractivity contribution in [2.24, 2.45) is 11.8 Å². The third-order valence-corrected chi connectivity index (χ3v) is 4.01. The second-order valence-electron chi connectivity index (χ2n) is 6.21. The third kappa shape index (κ3) is 4.55. The Labute approximate surface area is 130 Å². The van der Waals surface area contributed by atoms with Crippen molar-refractivity contribution in [2.45, 2.75) is 45.6 Å². The van der Waals surface area contributed by atoms with Gasteiger partial charge in [-0.2, -0.15) is 0 Å². The van der Waals surface area contributed by atoms with Crippen LogP contribution in [-0.4, -0.2) is 17.9 Å².